The Balaban J connectivity index is 1.81. The molecule has 1 aromatic heterocycles. The summed E-state index contributed by atoms with van der Waals surface area (Å²) in [6.07, 6.45) is 0. The standard InChI is InChI=1S/C20H26N4O4/c1-13-10-16(23-28-13)22-17(25)12-24(5)18(26)11-21-19(27)14-6-8-15(9-7-14)20(2,3)4/h6-10H,11-12H2,1-5H3,(H,21,27)(H,22,23,25). The van der Waals surface area contributed by atoms with Crippen molar-refractivity contribution < 1.29 is 18.9 Å². The number of hydrogen-bond donors (Lipinski definition) is 2. The molecule has 0 bridgehead atoms. The molecule has 8 heteroatoms. The first-order chi connectivity index (χ1) is 13.1. The van der Waals surface area contributed by atoms with E-state index in [1.54, 1.807) is 25.1 Å². The van der Waals surface area contributed by atoms with Gasteiger partial charge in [0.25, 0.3) is 5.91 Å². The smallest absolute Gasteiger partial charge is 0.251 e. The van der Waals surface area contributed by atoms with Gasteiger partial charge in [-0.15, -0.1) is 0 Å². The summed E-state index contributed by atoms with van der Waals surface area (Å²) >= 11 is 0. The molecule has 0 atom stereocenters. The second-order valence-corrected chi connectivity index (χ2v) is 7.63. The van der Waals surface area contributed by atoms with E-state index in [-0.39, 0.29) is 36.1 Å². The molecule has 0 saturated carbocycles. The lowest BCUT2D eigenvalue weighted by atomic mass is 9.87. The van der Waals surface area contributed by atoms with Crippen LogP contribution in [0.2, 0.25) is 0 Å². The summed E-state index contributed by atoms with van der Waals surface area (Å²) in [5, 5.41) is 8.76. The number of benzene rings is 1. The molecule has 1 heterocycles. The van der Waals surface area contributed by atoms with Gasteiger partial charge in [-0.25, -0.2) is 0 Å². The molecule has 2 rings (SSSR count). The Morgan fingerprint density at radius 3 is 2.32 bits per heavy atom. The van der Waals surface area contributed by atoms with Crippen LogP contribution in [0.5, 0.6) is 0 Å². The van der Waals surface area contributed by atoms with Crippen molar-refractivity contribution in [2.24, 2.45) is 0 Å². The van der Waals surface area contributed by atoms with Crippen LogP contribution in [0, 0.1) is 6.92 Å². The van der Waals surface area contributed by atoms with E-state index in [9.17, 15) is 14.4 Å². The predicted molar refractivity (Wildman–Crippen MR) is 105 cm³/mol. The Kier molecular flexibility index (Phi) is 6.56. The molecule has 8 nitrogen and oxygen atoms in total. The number of nitrogens with one attached hydrogen (secondary N) is 2. The molecule has 0 aliphatic rings. The number of aryl methyl sites for hydroxylation is 1. The van der Waals surface area contributed by atoms with Crippen LogP contribution in [0.15, 0.2) is 34.9 Å². The number of anilines is 1. The molecule has 0 radical (unpaired) electrons. The van der Waals surface area contributed by atoms with Gasteiger partial charge < -0.3 is 20.1 Å². The summed E-state index contributed by atoms with van der Waals surface area (Å²) in [5.41, 5.74) is 1.59. The van der Waals surface area contributed by atoms with Gasteiger partial charge in [-0.05, 0) is 30.0 Å². The maximum absolute atomic E-state index is 12.2. The van der Waals surface area contributed by atoms with E-state index in [0.29, 0.717) is 11.3 Å². The number of carbonyl (C=O) groups is 3. The van der Waals surface area contributed by atoms with E-state index in [1.807, 2.05) is 12.1 Å². The molecule has 0 fully saturated rings. The van der Waals surface area contributed by atoms with Crippen molar-refractivity contribution in [1.82, 2.24) is 15.4 Å². The predicted octanol–water partition coefficient (Wildman–Crippen LogP) is 2.11. The molecule has 0 saturated heterocycles. The number of rotatable bonds is 6. The van der Waals surface area contributed by atoms with Gasteiger partial charge in [-0.1, -0.05) is 38.1 Å². The van der Waals surface area contributed by atoms with Gasteiger partial charge in [-0.3, -0.25) is 14.4 Å². The topological polar surface area (TPSA) is 105 Å². The van der Waals surface area contributed by atoms with Gasteiger partial charge in [0.2, 0.25) is 11.8 Å². The zero-order chi connectivity index (χ0) is 20.9. The summed E-state index contributed by atoms with van der Waals surface area (Å²) in [6, 6.07) is 8.84. The molecule has 0 aliphatic carbocycles. The Morgan fingerprint density at radius 2 is 1.79 bits per heavy atom. The van der Waals surface area contributed by atoms with E-state index in [0.717, 1.165) is 5.56 Å². The molecule has 2 N–H and O–H groups in total. The summed E-state index contributed by atoms with van der Waals surface area (Å²) in [6.45, 7) is 7.62. The van der Waals surface area contributed by atoms with Gasteiger partial charge in [-0.2, -0.15) is 0 Å². The Hall–Kier alpha value is -3.16. The molecule has 0 aliphatic heterocycles. The van der Waals surface area contributed by atoms with Crippen LogP contribution in [0.3, 0.4) is 0 Å². The number of nitrogens with zero attached hydrogens (tertiary/aromatic N) is 2. The number of aromatic nitrogens is 1. The zero-order valence-electron chi connectivity index (χ0n) is 16.8. The quantitative estimate of drug-likeness (QED) is 0.791. The molecular weight excluding hydrogens is 360 g/mol. The highest BCUT2D eigenvalue weighted by Gasteiger charge is 2.17. The third-order valence-electron chi connectivity index (χ3n) is 4.12. The van der Waals surface area contributed by atoms with E-state index in [2.05, 4.69) is 36.6 Å². The average Bonchev–Trinajstić information content (AvgIpc) is 3.03. The molecule has 3 amide bonds. The zero-order valence-corrected chi connectivity index (χ0v) is 16.8. The second kappa shape index (κ2) is 8.69. The SMILES string of the molecule is Cc1cc(NC(=O)CN(C)C(=O)CNC(=O)c2ccc(C(C)(C)C)cc2)no1. The summed E-state index contributed by atoms with van der Waals surface area (Å²) in [7, 11) is 1.49. The summed E-state index contributed by atoms with van der Waals surface area (Å²) in [4.78, 5) is 37.5. The lowest BCUT2D eigenvalue weighted by Crippen LogP contribution is -2.41. The van der Waals surface area contributed by atoms with E-state index >= 15 is 0 Å². The van der Waals surface area contributed by atoms with Crippen molar-refractivity contribution in [2.45, 2.75) is 33.1 Å². The molecule has 1 aromatic carbocycles. The number of likely N-dealkylation sites (N-methyl/N-ethyl adjacent to an activating group) is 1. The number of hydrogen-bond acceptors (Lipinski definition) is 5. The minimum Gasteiger partial charge on any atom is -0.360 e. The fraction of sp³-hybridized carbons (Fsp3) is 0.400. The molecular formula is C20H26N4O4. The molecule has 28 heavy (non-hydrogen) atoms. The molecule has 0 spiro atoms. The van der Waals surface area contributed by atoms with E-state index in [4.69, 9.17) is 4.52 Å². The fourth-order valence-electron chi connectivity index (χ4n) is 2.43. The highest BCUT2D eigenvalue weighted by molar-refractivity contribution is 5.97. The van der Waals surface area contributed by atoms with Gasteiger partial charge >= 0.3 is 0 Å². The average molecular weight is 386 g/mol. The largest absolute Gasteiger partial charge is 0.360 e. The van der Waals surface area contributed by atoms with Gasteiger partial charge in [0.15, 0.2) is 5.82 Å². The highest BCUT2D eigenvalue weighted by atomic mass is 16.5. The highest BCUT2D eigenvalue weighted by Crippen LogP contribution is 2.22. The van der Waals surface area contributed by atoms with Crippen LogP contribution < -0.4 is 10.6 Å². The monoisotopic (exact) mass is 386 g/mol. The maximum Gasteiger partial charge on any atom is 0.251 e. The third kappa shape index (κ3) is 5.94. The molecule has 2 aromatic rings. The number of carbonyl (C=O) groups excluding carboxylic acids is 3. The normalized spacial score (nSPS) is 11.0. The Bertz CT molecular complexity index is 850. The first-order valence-corrected chi connectivity index (χ1v) is 8.92. The van der Waals surface area contributed by atoms with Crippen molar-refractivity contribution in [1.29, 1.82) is 0 Å². The third-order valence-corrected chi connectivity index (χ3v) is 4.12. The van der Waals surface area contributed by atoms with Crippen LogP contribution in [0.1, 0.15) is 42.5 Å². The van der Waals surface area contributed by atoms with E-state index in [1.165, 1.54) is 11.9 Å². The minimum atomic E-state index is -0.409. The van der Waals surface area contributed by atoms with Crippen molar-refractivity contribution in [3.8, 4) is 0 Å². The summed E-state index contributed by atoms with van der Waals surface area (Å²) in [5.74, 6) is -0.280. The van der Waals surface area contributed by atoms with Crippen LogP contribution in [0.25, 0.3) is 0 Å². The molecule has 0 unspecified atom stereocenters. The van der Waals surface area contributed by atoms with Crippen LogP contribution in [0.4, 0.5) is 5.82 Å². The number of amides is 3. The lowest BCUT2D eigenvalue weighted by Gasteiger charge is -2.19. The Labute approximate surface area is 164 Å². The first kappa shape index (κ1) is 21.1. The lowest BCUT2D eigenvalue weighted by molar-refractivity contribution is -0.132. The van der Waals surface area contributed by atoms with Crippen LogP contribution in [-0.4, -0.2) is 47.9 Å². The van der Waals surface area contributed by atoms with Crippen LogP contribution in [-0.2, 0) is 15.0 Å². The molecule has 150 valence electrons. The van der Waals surface area contributed by atoms with E-state index < -0.39 is 5.91 Å². The Morgan fingerprint density at radius 1 is 1.14 bits per heavy atom. The van der Waals surface area contributed by atoms with Crippen molar-refractivity contribution in [3.63, 3.8) is 0 Å². The first-order valence-electron chi connectivity index (χ1n) is 8.92. The van der Waals surface area contributed by atoms with Crippen molar-refractivity contribution >= 4 is 23.5 Å². The minimum absolute atomic E-state index is 0.00106. The van der Waals surface area contributed by atoms with Crippen molar-refractivity contribution in [2.75, 3.05) is 25.5 Å². The van der Waals surface area contributed by atoms with Gasteiger partial charge in [0, 0.05) is 18.7 Å². The fourth-order valence-corrected chi connectivity index (χ4v) is 2.43. The van der Waals surface area contributed by atoms with Crippen molar-refractivity contribution in [3.05, 3.63) is 47.2 Å². The van der Waals surface area contributed by atoms with Gasteiger partial charge in [0.1, 0.15) is 5.76 Å². The second-order valence-electron chi connectivity index (χ2n) is 7.63. The van der Waals surface area contributed by atoms with Crippen LogP contribution >= 0.6 is 0 Å². The van der Waals surface area contributed by atoms with Gasteiger partial charge in [0.05, 0.1) is 13.1 Å². The maximum atomic E-state index is 12.2. The summed E-state index contributed by atoms with van der Waals surface area (Å²) < 4.78 is 4.86.